The van der Waals surface area contributed by atoms with E-state index in [0.717, 1.165) is 22.0 Å². The second kappa shape index (κ2) is 5.69. The van der Waals surface area contributed by atoms with Crippen molar-refractivity contribution >= 4 is 27.5 Å². The minimum atomic E-state index is -2.00. The maximum absolute atomic E-state index is 11.0. The van der Waals surface area contributed by atoms with Crippen LogP contribution in [-0.2, 0) is 17.5 Å². The first-order valence-corrected chi connectivity index (χ1v) is 7.21. The summed E-state index contributed by atoms with van der Waals surface area (Å²) in [6, 6.07) is 12.0. The standard InChI is InChI=1S/C14H18N2O2S/c1-16(2)13-8-4-6-11-10(5-3-7-12(11)13)9-14(15)19(17)18/h3-8,14H,9,15H2,1-2H3,(H,17,18). The molecule has 0 aliphatic rings. The van der Waals surface area contributed by atoms with Gasteiger partial charge < -0.3 is 15.2 Å². The van der Waals surface area contributed by atoms with Gasteiger partial charge in [-0.2, -0.15) is 0 Å². The van der Waals surface area contributed by atoms with Crippen molar-refractivity contribution in [2.24, 2.45) is 5.73 Å². The van der Waals surface area contributed by atoms with Gasteiger partial charge in [0.1, 0.15) is 5.37 Å². The van der Waals surface area contributed by atoms with Gasteiger partial charge >= 0.3 is 0 Å². The van der Waals surface area contributed by atoms with Crippen molar-refractivity contribution in [3.05, 3.63) is 42.0 Å². The Kier molecular flexibility index (Phi) is 4.19. The Hall–Kier alpha value is -1.43. The van der Waals surface area contributed by atoms with Crippen molar-refractivity contribution in [3.8, 4) is 0 Å². The SMILES string of the molecule is CN(C)c1cccc2c(CC(N)S(=O)O)cccc12. The van der Waals surface area contributed by atoms with E-state index in [-0.39, 0.29) is 0 Å². The fourth-order valence-corrected chi connectivity index (χ4v) is 2.54. The maximum atomic E-state index is 11.0. The zero-order valence-electron chi connectivity index (χ0n) is 11.0. The minimum Gasteiger partial charge on any atom is -0.377 e. The Morgan fingerprint density at radius 1 is 1.21 bits per heavy atom. The lowest BCUT2D eigenvalue weighted by atomic mass is 10.0. The molecule has 2 aromatic carbocycles. The van der Waals surface area contributed by atoms with Crippen molar-refractivity contribution in [3.63, 3.8) is 0 Å². The van der Waals surface area contributed by atoms with Gasteiger partial charge in [0.25, 0.3) is 0 Å². The highest BCUT2D eigenvalue weighted by atomic mass is 32.2. The molecule has 0 saturated heterocycles. The molecule has 0 bridgehead atoms. The van der Waals surface area contributed by atoms with Crippen LogP contribution in [0.3, 0.4) is 0 Å². The fraction of sp³-hybridized carbons (Fsp3) is 0.286. The predicted octanol–water partition coefficient (Wildman–Crippen LogP) is 1.95. The van der Waals surface area contributed by atoms with E-state index >= 15 is 0 Å². The summed E-state index contributed by atoms with van der Waals surface area (Å²) < 4.78 is 20.0. The Morgan fingerprint density at radius 2 is 1.84 bits per heavy atom. The quantitative estimate of drug-likeness (QED) is 0.839. The van der Waals surface area contributed by atoms with Crippen LogP contribution in [0.15, 0.2) is 36.4 Å². The number of fused-ring (bicyclic) bond motifs is 1. The van der Waals surface area contributed by atoms with Gasteiger partial charge in [0.2, 0.25) is 0 Å². The number of hydrogen-bond acceptors (Lipinski definition) is 3. The molecular weight excluding hydrogens is 260 g/mol. The topological polar surface area (TPSA) is 66.6 Å². The molecule has 0 radical (unpaired) electrons. The van der Waals surface area contributed by atoms with Crippen LogP contribution in [0.25, 0.3) is 10.8 Å². The number of hydrogen-bond donors (Lipinski definition) is 2. The lowest BCUT2D eigenvalue weighted by Crippen LogP contribution is -2.27. The maximum Gasteiger partial charge on any atom is 0.170 e. The molecule has 102 valence electrons. The third kappa shape index (κ3) is 2.94. The molecule has 0 aliphatic heterocycles. The Labute approximate surface area is 115 Å². The van der Waals surface area contributed by atoms with Crippen molar-refractivity contribution < 1.29 is 8.76 Å². The summed E-state index contributed by atoms with van der Waals surface area (Å²) in [6.45, 7) is 0. The Bertz CT molecular complexity index is 613. The molecule has 5 heteroatoms. The molecule has 2 aromatic rings. The van der Waals surface area contributed by atoms with Gasteiger partial charge in [-0.05, 0) is 17.0 Å². The van der Waals surface area contributed by atoms with E-state index in [0.29, 0.717) is 6.42 Å². The molecule has 2 atom stereocenters. The van der Waals surface area contributed by atoms with Gasteiger partial charge in [-0.15, -0.1) is 0 Å². The second-order valence-electron chi connectivity index (χ2n) is 4.70. The molecule has 0 fully saturated rings. The summed E-state index contributed by atoms with van der Waals surface area (Å²) >= 11 is -2.00. The highest BCUT2D eigenvalue weighted by Gasteiger charge is 2.13. The average molecular weight is 278 g/mol. The van der Waals surface area contributed by atoms with Crippen LogP contribution in [0, 0.1) is 0 Å². The molecule has 19 heavy (non-hydrogen) atoms. The van der Waals surface area contributed by atoms with Crippen molar-refractivity contribution in [1.29, 1.82) is 0 Å². The first kappa shape index (κ1) is 14.0. The van der Waals surface area contributed by atoms with Gasteiger partial charge in [-0.1, -0.05) is 30.3 Å². The van der Waals surface area contributed by atoms with E-state index in [4.69, 9.17) is 10.3 Å². The Balaban J connectivity index is 2.52. The van der Waals surface area contributed by atoms with Crippen LogP contribution in [0.1, 0.15) is 5.56 Å². The van der Waals surface area contributed by atoms with Crippen molar-refractivity contribution in [1.82, 2.24) is 0 Å². The van der Waals surface area contributed by atoms with Crippen LogP contribution < -0.4 is 10.6 Å². The molecule has 0 saturated carbocycles. The number of nitrogens with two attached hydrogens (primary N) is 1. The molecular formula is C14H18N2O2S. The summed E-state index contributed by atoms with van der Waals surface area (Å²) in [4.78, 5) is 2.05. The summed E-state index contributed by atoms with van der Waals surface area (Å²) in [7, 11) is 3.99. The lowest BCUT2D eigenvalue weighted by molar-refractivity contribution is 0.547. The molecule has 2 unspecified atom stereocenters. The highest BCUT2D eigenvalue weighted by Crippen LogP contribution is 2.28. The number of anilines is 1. The highest BCUT2D eigenvalue weighted by molar-refractivity contribution is 7.79. The molecule has 2 rings (SSSR count). The third-order valence-electron chi connectivity index (χ3n) is 3.15. The van der Waals surface area contributed by atoms with E-state index in [1.54, 1.807) is 0 Å². The minimum absolute atomic E-state index is 0.386. The molecule has 0 aromatic heterocycles. The summed E-state index contributed by atoms with van der Waals surface area (Å²) in [5.74, 6) is 0. The largest absolute Gasteiger partial charge is 0.377 e. The third-order valence-corrected chi connectivity index (χ3v) is 3.84. The zero-order valence-corrected chi connectivity index (χ0v) is 11.9. The van der Waals surface area contributed by atoms with E-state index in [2.05, 4.69) is 17.0 Å². The first-order chi connectivity index (χ1) is 9.00. The van der Waals surface area contributed by atoms with E-state index < -0.39 is 16.5 Å². The second-order valence-corrected chi connectivity index (χ2v) is 5.86. The molecule has 0 spiro atoms. The number of nitrogens with zero attached hydrogens (tertiary/aromatic N) is 1. The van der Waals surface area contributed by atoms with Crippen molar-refractivity contribution in [2.45, 2.75) is 11.8 Å². The van der Waals surface area contributed by atoms with Gasteiger partial charge in [0, 0.05) is 31.6 Å². The molecule has 0 aliphatic carbocycles. The first-order valence-electron chi connectivity index (χ1n) is 6.04. The summed E-state index contributed by atoms with van der Waals surface area (Å²) in [5, 5.41) is 1.45. The molecule has 4 nitrogen and oxygen atoms in total. The van der Waals surface area contributed by atoms with Gasteiger partial charge in [-0.3, -0.25) is 0 Å². The van der Waals surface area contributed by atoms with E-state index in [9.17, 15) is 4.21 Å². The predicted molar refractivity (Wildman–Crippen MR) is 80.7 cm³/mol. The van der Waals surface area contributed by atoms with Gasteiger partial charge in [0.05, 0.1) is 0 Å². The van der Waals surface area contributed by atoms with Crippen molar-refractivity contribution in [2.75, 3.05) is 19.0 Å². The van der Waals surface area contributed by atoms with Crippen LogP contribution in [0.2, 0.25) is 0 Å². The summed E-state index contributed by atoms with van der Waals surface area (Å²) in [6.07, 6.45) is 0.386. The zero-order chi connectivity index (χ0) is 14.0. The molecule has 0 amide bonds. The van der Waals surface area contributed by atoms with Gasteiger partial charge in [-0.25, -0.2) is 4.21 Å². The number of benzene rings is 2. The van der Waals surface area contributed by atoms with Gasteiger partial charge in [0.15, 0.2) is 11.1 Å². The average Bonchev–Trinajstić information content (AvgIpc) is 2.38. The Morgan fingerprint density at radius 3 is 2.47 bits per heavy atom. The molecule has 0 heterocycles. The van der Waals surface area contributed by atoms with E-state index in [1.165, 1.54) is 0 Å². The monoisotopic (exact) mass is 278 g/mol. The van der Waals surface area contributed by atoms with Crippen LogP contribution in [-0.4, -0.2) is 28.2 Å². The number of rotatable bonds is 4. The van der Waals surface area contributed by atoms with Crippen LogP contribution in [0.4, 0.5) is 5.69 Å². The lowest BCUT2D eigenvalue weighted by Gasteiger charge is -2.17. The van der Waals surface area contributed by atoms with E-state index in [1.807, 2.05) is 38.4 Å². The van der Waals surface area contributed by atoms with Crippen LogP contribution in [0.5, 0.6) is 0 Å². The fourth-order valence-electron chi connectivity index (χ4n) is 2.21. The summed E-state index contributed by atoms with van der Waals surface area (Å²) in [5.41, 5.74) is 7.80. The molecule has 3 N–H and O–H groups in total. The normalized spacial score (nSPS) is 14.3. The smallest absolute Gasteiger partial charge is 0.170 e. The van der Waals surface area contributed by atoms with Crippen LogP contribution >= 0.6 is 0 Å².